The van der Waals surface area contributed by atoms with Crippen molar-refractivity contribution in [2.45, 2.75) is 90.3 Å². The van der Waals surface area contributed by atoms with Gasteiger partial charge in [-0.3, -0.25) is 4.79 Å². The van der Waals surface area contributed by atoms with Crippen LogP contribution in [-0.4, -0.2) is 40.9 Å². The van der Waals surface area contributed by atoms with Crippen LogP contribution in [-0.2, 0) is 41.8 Å². The SMILES string of the molecule is CCc1cc(O)c2c3ccc(cc13)COc1cc(ccc1OC)CCC(=O)C[C@H](C[C@@]1(CCO)C=C(O)C=C[C@H]1CCCCc1ccccc1)OC#CC2. The number of carbonyl (C=O) groups excluding carboxylic acids is 1. The number of hydrogen-bond acceptors (Lipinski definition) is 7. The van der Waals surface area contributed by atoms with E-state index in [1.54, 1.807) is 13.2 Å². The highest BCUT2D eigenvalue weighted by Crippen LogP contribution is 2.46. The van der Waals surface area contributed by atoms with E-state index in [0.29, 0.717) is 49.4 Å². The molecule has 0 fully saturated rings. The van der Waals surface area contributed by atoms with Gasteiger partial charge in [0.2, 0.25) is 0 Å². The molecule has 0 unspecified atom stereocenters. The molecule has 3 atom stereocenters. The van der Waals surface area contributed by atoms with E-state index in [0.717, 1.165) is 59.6 Å². The lowest BCUT2D eigenvalue weighted by Gasteiger charge is -2.41. The van der Waals surface area contributed by atoms with Gasteiger partial charge in [-0.15, -0.1) is 0 Å². The number of phenols is 1. The zero-order valence-electron chi connectivity index (χ0n) is 31.5. The van der Waals surface area contributed by atoms with Crippen molar-refractivity contribution in [3.8, 4) is 29.3 Å². The predicted molar refractivity (Wildman–Crippen MR) is 213 cm³/mol. The number of benzene rings is 4. The highest BCUT2D eigenvalue weighted by Gasteiger charge is 2.40. The van der Waals surface area contributed by atoms with E-state index >= 15 is 0 Å². The summed E-state index contributed by atoms with van der Waals surface area (Å²) in [5.41, 5.74) is 4.35. The van der Waals surface area contributed by atoms with Crippen molar-refractivity contribution in [3.05, 3.63) is 125 Å². The van der Waals surface area contributed by atoms with Crippen LogP contribution in [0.15, 0.2) is 96.8 Å². The highest BCUT2D eigenvalue weighted by molar-refractivity contribution is 5.91. The Balaban J connectivity index is 1.30. The summed E-state index contributed by atoms with van der Waals surface area (Å²) >= 11 is 0. The van der Waals surface area contributed by atoms with Gasteiger partial charge in [0.25, 0.3) is 0 Å². The number of aliphatic hydroxyl groups is 2. The minimum Gasteiger partial charge on any atom is -0.508 e. The molecule has 54 heavy (non-hydrogen) atoms. The number of phenolic OH excluding ortho intramolecular Hbond substituents is 1. The van der Waals surface area contributed by atoms with Crippen LogP contribution >= 0.6 is 0 Å². The number of aromatic hydroxyl groups is 1. The molecule has 1 aliphatic carbocycles. The number of allylic oxidation sites excluding steroid dienone is 3. The molecular weight excluding hydrogens is 677 g/mol. The molecule has 0 saturated heterocycles. The normalized spacial score (nSPS) is 20.2. The van der Waals surface area contributed by atoms with Gasteiger partial charge in [-0.25, -0.2) is 0 Å². The molecule has 0 spiro atoms. The summed E-state index contributed by atoms with van der Waals surface area (Å²) in [7, 11) is 1.61. The first kappa shape index (κ1) is 38.5. The maximum absolute atomic E-state index is 13.7. The Hall–Kier alpha value is -5.19. The number of hydrogen-bond donors (Lipinski definition) is 3. The van der Waals surface area contributed by atoms with Gasteiger partial charge in [0.1, 0.15) is 36.1 Å². The Labute approximate surface area is 319 Å². The summed E-state index contributed by atoms with van der Waals surface area (Å²) in [6.07, 6.45) is 14.5. The summed E-state index contributed by atoms with van der Waals surface area (Å²) < 4.78 is 18.2. The first-order chi connectivity index (χ1) is 26.3. The fourth-order valence-electron chi connectivity index (χ4n) is 8.13. The van der Waals surface area contributed by atoms with Gasteiger partial charge in [0.05, 0.1) is 7.11 Å². The van der Waals surface area contributed by atoms with E-state index in [1.165, 1.54) is 5.56 Å². The zero-order chi connectivity index (χ0) is 37.9. The fraction of sp³-hybridized carbons (Fsp3) is 0.383. The summed E-state index contributed by atoms with van der Waals surface area (Å²) in [5.74, 6) is 4.75. The number of aliphatic hydroxyl groups excluding tert-OH is 2. The second-order valence-corrected chi connectivity index (χ2v) is 14.7. The number of ether oxygens (including phenoxy) is 3. The van der Waals surface area contributed by atoms with E-state index in [9.17, 15) is 20.1 Å². The minimum atomic E-state index is -0.632. The summed E-state index contributed by atoms with van der Waals surface area (Å²) in [5, 5.41) is 34.3. The summed E-state index contributed by atoms with van der Waals surface area (Å²) in [6, 6.07) is 24.2. The van der Waals surface area contributed by atoms with Gasteiger partial charge in [0.15, 0.2) is 11.5 Å². The van der Waals surface area contributed by atoms with Crippen molar-refractivity contribution in [3.63, 3.8) is 0 Å². The molecule has 6 bridgehead atoms. The molecule has 2 heterocycles. The van der Waals surface area contributed by atoms with Crippen LogP contribution in [0, 0.1) is 23.4 Å². The van der Waals surface area contributed by atoms with Crippen LogP contribution in [0.4, 0.5) is 0 Å². The second-order valence-electron chi connectivity index (χ2n) is 14.7. The number of fused-ring (bicyclic) bond motifs is 9. The zero-order valence-corrected chi connectivity index (χ0v) is 31.5. The molecule has 4 aromatic carbocycles. The molecule has 0 saturated carbocycles. The minimum absolute atomic E-state index is 0.0305. The molecule has 0 aromatic heterocycles. The molecule has 0 radical (unpaired) electrons. The third-order valence-corrected chi connectivity index (χ3v) is 11.0. The van der Waals surface area contributed by atoms with E-state index < -0.39 is 11.5 Å². The first-order valence-electron chi connectivity index (χ1n) is 19.3. The number of unbranched alkanes of at least 4 members (excludes halogenated alkanes) is 1. The maximum atomic E-state index is 13.7. The Morgan fingerprint density at radius 2 is 1.80 bits per heavy atom. The number of ketones is 1. The average Bonchev–Trinajstić information content (AvgIpc) is 3.17. The van der Waals surface area contributed by atoms with Crippen LogP contribution in [0.2, 0.25) is 0 Å². The molecule has 3 aliphatic rings. The number of carbonyl (C=O) groups is 1. The number of methoxy groups -OCH3 is 1. The van der Waals surface area contributed by atoms with Gasteiger partial charge in [-0.05, 0) is 120 Å². The third kappa shape index (κ3) is 9.48. The molecule has 2 aliphatic heterocycles. The highest BCUT2D eigenvalue weighted by atomic mass is 16.5. The molecule has 7 nitrogen and oxygen atoms in total. The molecule has 3 N–H and O–H groups in total. The second kappa shape index (κ2) is 18.2. The van der Waals surface area contributed by atoms with Crippen molar-refractivity contribution in [2.75, 3.05) is 13.7 Å². The van der Waals surface area contributed by atoms with Crippen LogP contribution < -0.4 is 9.47 Å². The van der Waals surface area contributed by atoms with E-state index in [4.69, 9.17) is 14.2 Å². The average molecular weight is 729 g/mol. The molecule has 7 heteroatoms. The van der Waals surface area contributed by atoms with Crippen LogP contribution in [0.3, 0.4) is 0 Å². The fourth-order valence-corrected chi connectivity index (χ4v) is 8.13. The lowest BCUT2D eigenvalue weighted by atomic mass is 9.65. The van der Waals surface area contributed by atoms with E-state index in [-0.39, 0.29) is 42.7 Å². The molecule has 4 aromatic rings. The van der Waals surface area contributed by atoms with Crippen LogP contribution in [0.1, 0.15) is 79.7 Å². The number of Topliss-reactive ketones (excluding diaryl/α,β-unsaturated/α-hetero) is 1. The Kier molecular flexibility index (Phi) is 13.0. The van der Waals surface area contributed by atoms with Gasteiger partial charge >= 0.3 is 0 Å². The van der Waals surface area contributed by atoms with Crippen LogP contribution in [0.5, 0.6) is 17.2 Å². The van der Waals surface area contributed by atoms with Gasteiger partial charge in [-0.2, -0.15) is 0 Å². The Morgan fingerprint density at radius 1 is 0.963 bits per heavy atom. The lowest BCUT2D eigenvalue weighted by molar-refractivity contribution is -0.121. The molecule has 0 amide bonds. The largest absolute Gasteiger partial charge is 0.508 e. The lowest BCUT2D eigenvalue weighted by Crippen LogP contribution is -2.36. The predicted octanol–water partition coefficient (Wildman–Crippen LogP) is 9.29. The smallest absolute Gasteiger partial charge is 0.161 e. The van der Waals surface area contributed by atoms with Crippen molar-refractivity contribution in [1.82, 2.24) is 0 Å². The number of rotatable bonds is 11. The Morgan fingerprint density at radius 3 is 2.59 bits per heavy atom. The molecular formula is C47H52O7. The number of aryl methyl sites for hydroxylation is 3. The topological polar surface area (TPSA) is 105 Å². The van der Waals surface area contributed by atoms with Crippen molar-refractivity contribution < 1.29 is 34.3 Å². The molecule has 7 rings (SSSR count). The van der Waals surface area contributed by atoms with Gasteiger partial charge in [-0.1, -0.05) is 73.9 Å². The first-order valence-corrected chi connectivity index (χ1v) is 19.3. The Bertz CT molecular complexity index is 2040. The van der Waals surface area contributed by atoms with Crippen molar-refractivity contribution in [2.24, 2.45) is 11.3 Å². The van der Waals surface area contributed by atoms with Crippen molar-refractivity contribution >= 4 is 16.6 Å². The quantitative estimate of drug-likeness (QED) is 0.104. The molecule has 282 valence electrons. The van der Waals surface area contributed by atoms with Gasteiger partial charge < -0.3 is 29.5 Å². The van der Waals surface area contributed by atoms with Gasteiger partial charge in [0, 0.05) is 36.8 Å². The standard InChI is InChI=1S/C47H52O7/c1-3-36-28-44(51)42-14-9-25-53-40(31-47(23-24-48)30-39(50)20-18-37(47)13-8-7-12-33-10-5-4-6-11-33)29-38(49)19-15-34-17-22-45(52-2)46(27-34)54-32-35-16-21-41(42)43(36)26-35/h4-6,10-11,16-18,20-22,26-28,30,37,40,48,50-51H,3,7-8,12-15,19,23-24,29,31-32H2,1-2H3/t37-,40-,47-/m1/s1. The third-order valence-electron chi connectivity index (χ3n) is 11.0. The van der Waals surface area contributed by atoms with E-state index in [1.807, 2.05) is 54.6 Å². The van der Waals surface area contributed by atoms with Crippen molar-refractivity contribution in [1.29, 1.82) is 0 Å². The monoisotopic (exact) mass is 728 g/mol. The van der Waals surface area contributed by atoms with Crippen LogP contribution in [0.25, 0.3) is 10.8 Å². The summed E-state index contributed by atoms with van der Waals surface area (Å²) in [4.78, 5) is 13.7. The van der Waals surface area contributed by atoms with E-state index in [2.05, 4.69) is 49.3 Å². The summed E-state index contributed by atoms with van der Waals surface area (Å²) in [6.45, 7) is 2.32. The maximum Gasteiger partial charge on any atom is 0.161 e.